The molecule has 4 rings (SSSR count). The zero-order chi connectivity index (χ0) is 18.5. The summed E-state index contributed by atoms with van der Waals surface area (Å²) < 4.78 is 19.4. The number of rotatable bonds is 6. The number of aromatic nitrogens is 1. The smallest absolute Gasteiger partial charge is 0.140 e. The van der Waals surface area contributed by atoms with Crippen molar-refractivity contribution in [3.05, 3.63) is 82.1 Å². The molecule has 4 nitrogen and oxygen atoms in total. The number of hydrogen-bond acceptors (Lipinski definition) is 5. The van der Waals surface area contributed by atoms with Crippen molar-refractivity contribution in [2.45, 2.75) is 19.2 Å². The molecule has 1 saturated heterocycles. The standard InChI is InChI=1S/C21H22FN3OS.ClH/c22-17-6-4-5-16(11-17)20-12-23-9-10-25(20)13-18-15-27-21(24-18)14-26-19-7-2-1-3-8-19;/h1-8,11,15,20,23H,9-10,12-14H2;1H. The first-order chi connectivity index (χ1) is 13.3. The molecule has 0 bridgehead atoms. The number of nitrogens with zero attached hydrogens (tertiary/aromatic N) is 2. The largest absolute Gasteiger partial charge is 0.486 e. The summed E-state index contributed by atoms with van der Waals surface area (Å²) in [6.45, 7) is 3.89. The Bertz CT molecular complexity index is 877. The first kappa shape index (κ1) is 20.7. The van der Waals surface area contributed by atoms with E-state index in [9.17, 15) is 4.39 Å². The lowest BCUT2D eigenvalue weighted by atomic mass is 10.0. The van der Waals surface area contributed by atoms with Crippen molar-refractivity contribution in [1.82, 2.24) is 15.2 Å². The molecule has 3 aromatic rings. The van der Waals surface area contributed by atoms with Crippen LogP contribution in [0.2, 0.25) is 0 Å². The van der Waals surface area contributed by atoms with Crippen LogP contribution in [0.3, 0.4) is 0 Å². The van der Waals surface area contributed by atoms with Gasteiger partial charge in [-0.05, 0) is 29.8 Å². The van der Waals surface area contributed by atoms with Crippen LogP contribution in [0.4, 0.5) is 4.39 Å². The molecular formula is C21H23ClFN3OS. The van der Waals surface area contributed by atoms with E-state index in [4.69, 9.17) is 9.72 Å². The Morgan fingerprint density at radius 2 is 2.04 bits per heavy atom. The molecule has 28 heavy (non-hydrogen) atoms. The molecule has 0 spiro atoms. The third-order valence-corrected chi connectivity index (χ3v) is 5.53. The number of nitrogens with one attached hydrogen (secondary N) is 1. The van der Waals surface area contributed by atoms with Gasteiger partial charge in [-0.25, -0.2) is 9.37 Å². The molecule has 1 unspecified atom stereocenters. The Labute approximate surface area is 174 Å². The van der Waals surface area contributed by atoms with Gasteiger partial charge in [0.2, 0.25) is 0 Å². The van der Waals surface area contributed by atoms with E-state index in [2.05, 4.69) is 15.6 Å². The fourth-order valence-corrected chi connectivity index (χ4v) is 4.03. The molecule has 1 fully saturated rings. The first-order valence-electron chi connectivity index (χ1n) is 9.09. The quantitative estimate of drug-likeness (QED) is 0.641. The van der Waals surface area contributed by atoms with Gasteiger partial charge in [0.25, 0.3) is 0 Å². The zero-order valence-corrected chi connectivity index (χ0v) is 17.0. The van der Waals surface area contributed by atoms with Gasteiger partial charge in [0, 0.05) is 37.6 Å². The molecule has 0 saturated carbocycles. The number of ether oxygens (including phenoxy) is 1. The summed E-state index contributed by atoms with van der Waals surface area (Å²) in [4.78, 5) is 7.09. The predicted octanol–water partition coefficient (Wildman–Crippen LogP) is 4.43. The summed E-state index contributed by atoms with van der Waals surface area (Å²) >= 11 is 1.62. The Hall–Kier alpha value is -1.99. The van der Waals surface area contributed by atoms with Crippen molar-refractivity contribution in [3.63, 3.8) is 0 Å². The molecule has 0 aliphatic carbocycles. The van der Waals surface area contributed by atoms with Crippen molar-refractivity contribution in [2.75, 3.05) is 19.6 Å². The second kappa shape index (κ2) is 9.98. The highest BCUT2D eigenvalue weighted by molar-refractivity contribution is 7.09. The van der Waals surface area contributed by atoms with Crippen LogP contribution >= 0.6 is 23.7 Å². The number of hydrogen-bond donors (Lipinski definition) is 1. The third kappa shape index (κ3) is 5.29. The number of halogens is 2. The molecular weight excluding hydrogens is 397 g/mol. The van der Waals surface area contributed by atoms with Crippen LogP contribution < -0.4 is 10.1 Å². The fraction of sp³-hybridized carbons (Fsp3) is 0.286. The molecule has 1 atom stereocenters. The minimum absolute atomic E-state index is 0. The Kier molecular flexibility index (Phi) is 7.39. The maximum atomic E-state index is 13.6. The Morgan fingerprint density at radius 3 is 2.86 bits per heavy atom. The van der Waals surface area contributed by atoms with Crippen LogP contribution in [0.25, 0.3) is 0 Å². The van der Waals surface area contributed by atoms with Gasteiger partial charge < -0.3 is 10.1 Å². The van der Waals surface area contributed by atoms with Crippen LogP contribution in [-0.4, -0.2) is 29.5 Å². The van der Waals surface area contributed by atoms with Crippen molar-refractivity contribution < 1.29 is 9.13 Å². The maximum Gasteiger partial charge on any atom is 0.140 e. The Morgan fingerprint density at radius 1 is 1.18 bits per heavy atom. The lowest BCUT2D eigenvalue weighted by Gasteiger charge is -2.36. The van der Waals surface area contributed by atoms with Gasteiger partial charge in [0.15, 0.2) is 0 Å². The normalized spacial score (nSPS) is 17.1. The monoisotopic (exact) mass is 419 g/mol. The summed E-state index contributed by atoms with van der Waals surface area (Å²) in [5.41, 5.74) is 2.04. The summed E-state index contributed by atoms with van der Waals surface area (Å²) in [5.74, 6) is 0.662. The first-order valence-corrected chi connectivity index (χ1v) is 9.97. The summed E-state index contributed by atoms with van der Waals surface area (Å²) in [5, 5.41) is 6.47. The van der Waals surface area contributed by atoms with E-state index < -0.39 is 0 Å². The Balaban J connectivity index is 0.00000225. The van der Waals surface area contributed by atoms with Gasteiger partial charge in [-0.2, -0.15) is 0 Å². The van der Waals surface area contributed by atoms with Crippen molar-refractivity contribution in [2.24, 2.45) is 0 Å². The van der Waals surface area contributed by atoms with Crippen molar-refractivity contribution in [1.29, 1.82) is 0 Å². The molecule has 0 amide bonds. The van der Waals surface area contributed by atoms with Gasteiger partial charge in [-0.15, -0.1) is 23.7 Å². The van der Waals surface area contributed by atoms with E-state index >= 15 is 0 Å². The third-order valence-electron chi connectivity index (χ3n) is 4.66. The fourth-order valence-electron chi connectivity index (χ4n) is 3.34. The van der Waals surface area contributed by atoms with Crippen LogP contribution in [0.15, 0.2) is 60.0 Å². The molecule has 1 aliphatic heterocycles. The molecule has 1 aromatic heterocycles. The second-order valence-electron chi connectivity index (χ2n) is 6.58. The van der Waals surface area contributed by atoms with Crippen LogP contribution in [0, 0.1) is 5.82 Å². The average Bonchev–Trinajstić information content (AvgIpc) is 3.15. The van der Waals surface area contributed by atoms with E-state index in [-0.39, 0.29) is 24.3 Å². The maximum absolute atomic E-state index is 13.6. The van der Waals surface area contributed by atoms with E-state index in [1.54, 1.807) is 23.5 Å². The lowest BCUT2D eigenvalue weighted by molar-refractivity contribution is 0.152. The molecule has 7 heteroatoms. The highest BCUT2D eigenvalue weighted by Gasteiger charge is 2.24. The molecule has 1 aliphatic rings. The van der Waals surface area contributed by atoms with E-state index in [0.29, 0.717) is 6.61 Å². The number of thiazole rings is 1. The predicted molar refractivity (Wildman–Crippen MR) is 113 cm³/mol. The summed E-state index contributed by atoms with van der Waals surface area (Å²) in [7, 11) is 0. The molecule has 2 aromatic carbocycles. The van der Waals surface area contributed by atoms with Crippen LogP contribution in [0.5, 0.6) is 5.75 Å². The molecule has 1 N–H and O–H groups in total. The minimum atomic E-state index is -0.188. The number of para-hydroxylation sites is 1. The average molecular weight is 420 g/mol. The summed E-state index contributed by atoms with van der Waals surface area (Å²) in [6.07, 6.45) is 0. The number of piperazine rings is 1. The minimum Gasteiger partial charge on any atom is -0.486 e. The summed E-state index contributed by atoms with van der Waals surface area (Å²) in [6, 6.07) is 16.8. The van der Waals surface area contributed by atoms with Crippen LogP contribution in [-0.2, 0) is 13.2 Å². The van der Waals surface area contributed by atoms with Crippen molar-refractivity contribution >= 4 is 23.7 Å². The van der Waals surface area contributed by atoms with Gasteiger partial charge in [-0.1, -0.05) is 30.3 Å². The van der Waals surface area contributed by atoms with Gasteiger partial charge in [-0.3, -0.25) is 4.90 Å². The van der Waals surface area contributed by atoms with Gasteiger partial charge in [0.05, 0.1) is 5.69 Å². The zero-order valence-electron chi connectivity index (χ0n) is 15.4. The van der Waals surface area contributed by atoms with Gasteiger partial charge >= 0.3 is 0 Å². The van der Waals surface area contributed by atoms with Gasteiger partial charge in [0.1, 0.15) is 23.2 Å². The lowest BCUT2D eigenvalue weighted by Crippen LogP contribution is -2.45. The van der Waals surface area contributed by atoms with Crippen LogP contribution in [0.1, 0.15) is 22.3 Å². The molecule has 148 valence electrons. The van der Waals surface area contributed by atoms with E-state index in [1.165, 1.54) is 6.07 Å². The topological polar surface area (TPSA) is 37.4 Å². The SMILES string of the molecule is Cl.Fc1cccc(C2CNCCN2Cc2csc(COc3ccccc3)n2)c1. The molecule has 0 radical (unpaired) electrons. The number of benzene rings is 2. The highest BCUT2D eigenvalue weighted by Crippen LogP contribution is 2.25. The molecule has 2 heterocycles. The van der Waals surface area contributed by atoms with Crippen molar-refractivity contribution in [3.8, 4) is 5.75 Å². The van der Waals surface area contributed by atoms with E-state index in [1.807, 2.05) is 36.4 Å². The van der Waals surface area contributed by atoms with E-state index in [0.717, 1.165) is 48.2 Å². The second-order valence-corrected chi connectivity index (χ2v) is 7.52. The highest BCUT2D eigenvalue weighted by atomic mass is 35.5.